The first kappa shape index (κ1) is 10.5. The van der Waals surface area contributed by atoms with E-state index in [-0.39, 0.29) is 0 Å². The van der Waals surface area contributed by atoms with Gasteiger partial charge in [-0.05, 0) is 24.1 Å². The van der Waals surface area contributed by atoms with E-state index >= 15 is 0 Å². The molecule has 5 heteroatoms. The molecule has 0 radical (unpaired) electrons. The van der Waals surface area contributed by atoms with Crippen molar-refractivity contribution in [1.29, 1.82) is 0 Å². The highest BCUT2D eigenvalue weighted by Crippen LogP contribution is 2.08. The first-order chi connectivity index (χ1) is 7.75. The average Bonchev–Trinajstić information content (AvgIpc) is 2.28. The van der Waals surface area contributed by atoms with Crippen LogP contribution in [0.2, 0.25) is 0 Å². The third-order valence-electron chi connectivity index (χ3n) is 2.24. The number of hydrogen-bond acceptors (Lipinski definition) is 4. The van der Waals surface area contributed by atoms with Crippen molar-refractivity contribution in [3.8, 4) is 0 Å². The Balaban J connectivity index is 2.05. The van der Waals surface area contributed by atoms with Gasteiger partial charge in [0.1, 0.15) is 12.1 Å². The molecule has 2 aromatic rings. The van der Waals surface area contributed by atoms with Gasteiger partial charge in [-0.3, -0.25) is 4.98 Å². The van der Waals surface area contributed by atoms with E-state index in [2.05, 4.69) is 20.3 Å². The Hall–Kier alpha value is -2.04. The van der Waals surface area contributed by atoms with Gasteiger partial charge >= 0.3 is 0 Å². The van der Waals surface area contributed by atoms with E-state index in [1.807, 2.05) is 13.0 Å². The molecule has 82 valence electrons. The van der Waals surface area contributed by atoms with Crippen LogP contribution >= 0.6 is 0 Å². The fourth-order valence-corrected chi connectivity index (χ4v) is 1.30. The minimum atomic E-state index is -0.541. The molecule has 2 aromatic heterocycles. The molecule has 0 bridgehead atoms. The van der Waals surface area contributed by atoms with Gasteiger partial charge in [0.2, 0.25) is 5.95 Å². The van der Waals surface area contributed by atoms with Crippen molar-refractivity contribution >= 4 is 5.82 Å². The van der Waals surface area contributed by atoms with Gasteiger partial charge in [-0.15, -0.1) is 0 Å². The zero-order chi connectivity index (χ0) is 11.4. The summed E-state index contributed by atoms with van der Waals surface area (Å²) in [5.74, 6) is -0.0730. The fourth-order valence-electron chi connectivity index (χ4n) is 1.30. The maximum atomic E-state index is 12.8. The Morgan fingerprint density at radius 3 is 3.00 bits per heavy atom. The summed E-state index contributed by atoms with van der Waals surface area (Å²) in [6.45, 7) is 2.56. The molecule has 0 aliphatic rings. The molecule has 0 saturated heterocycles. The van der Waals surface area contributed by atoms with Crippen LogP contribution in [0.4, 0.5) is 10.2 Å². The number of halogens is 1. The van der Waals surface area contributed by atoms with Crippen molar-refractivity contribution in [1.82, 2.24) is 15.0 Å². The van der Waals surface area contributed by atoms with Crippen molar-refractivity contribution in [2.75, 3.05) is 5.32 Å². The van der Waals surface area contributed by atoms with Gasteiger partial charge in [-0.25, -0.2) is 9.97 Å². The molecule has 0 amide bonds. The molecule has 0 atom stereocenters. The lowest BCUT2D eigenvalue weighted by Crippen LogP contribution is -2.04. The molecule has 0 saturated carbocycles. The Morgan fingerprint density at radius 1 is 1.38 bits per heavy atom. The predicted molar refractivity (Wildman–Crippen MR) is 58.3 cm³/mol. The zero-order valence-corrected chi connectivity index (χ0v) is 8.81. The van der Waals surface area contributed by atoms with Gasteiger partial charge in [0.15, 0.2) is 0 Å². The van der Waals surface area contributed by atoms with E-state index < -0.39 is 5.95 Å². The molecule has 0 spiro atoms. The topological polar surface area (TPSA) is 50.7 Å². The third kappa shape index (κ3) is 2.50. The Bertz CT molecular complexity index is 487. The highest BCUT2D eigenvalue weighted by Gasteiger charge is 2.00. The highest BCUT2D eigenvalue weighted by atomic mass is 19.1. The quantitative estimate of drug-likeness (QED) is 0.800. The van der Waals surface area contributed by atoms with Crippen LogP contribution in [0.25, 0.3) is 0 Å². The minimum Gasteiger partial charge on any atom is -0.366 e. The second-order valence-electron chi connectivity index (χ2n) is 3.38. The second kappa shape index (κ2) is 4.65. The lowest BCUT2D eigenvalue weighted by molar-refractivity contribution is 0.580. The van der Waals surface area contributed by atoms with E-state index in [1.54, 1.807) is 12.4 Å². The van der Waals surface area contributed by atoms with Gasteiger partial charge in [-0.2, -0.15) is 4.39 Å². The fraction of sp³-hybridized carbons (Fsp3) is 0.182. The lowest BCUT2D eigenvalue weighted by Gasteiger charge is -2.07. The van der Waals surface area contributed by atoms with E-state index in [4.69, 9.17) is 0 Å². The van der Waals surface area contributed by atoms with Gasteiger partial charge < -0.3 is 5.32 Å². The number of aryl methyl sites for hydroxylation is 1. The van der Waals surface area contributed by atoms with Crippen LogP contribution in [0.15, 0.2) is 30.9 Å². The third-order valence-corrected chi connectivity index (χ3v) is 2.24. The summed E-state index contributed by atoms with van der Waals surface area (Å²) in [6.07, 6.45) is 4.71. The predicted octanol–water partition coefficient (Wildman–Crippen LogP) is 1.93. The summed E-state index contributed by atoms with van der Waals surface area (Å²) < 4.78 is 12.8. The van der Waals surface area contributed by atoms with Crippen LogP contribution < -0.4 is 5.32 Å². The van der Waals surface area contributed by atoms with Crippen molar-refractivity contribution in [3.05, 3.63) is 47.9 Å². The molecule has 0 aliphatic heterocycles. The lowest BCUT2D eigenvalue weighted by atomic mass is 10.1. The largest absolute Gasteiger partial charge is 0.366 e. The number of hydrogen-bond donors (Lipinski definition) is 1. The number of anilines is 1. The maximum Gasteiger partial charge on any atom is 0.217 e. The first-order valence-electron chi connectivity index (χ1n) is 4.86. The first-order valence-corrected chi connectivity index (χ1v) is 4.86. The van der Waals surface area contributed by atoms with Crippen molar-refractivity contribution in [3.63, 3.8) is 0 Å². The molecular weight excluding hydrogens is 207 g/mol. The van der Waals surface area contributed by atoms with E-state index in [1.165, 1.54) is 12.4 Å². The van der Waals surface area contributed by atoms with Crippen LogP contribution in [0.3, 0.4) is 0 Å². The highest BCUT2D eigenvalue weighted by molar-refractivity contribution is 5.34. The monoisotopic (exact) mass is 218 g/mol. The van der Waals surface area contributed by atoms with Crippen molar-refractivity contribution in [2.45, 2.75) is 13.5 Å². The van der Waals surface area contributed by atoms with Gasteiger partial charge in [0, 0.05) is 25.0 Å². The van der Waals surface area contributed by atoms with Gasteiger partial charge in [0.05, 0.1) is 0 Å². The summed E-state index contributed by atoms with van der Waals surface area (Å²) >= 11 is 0. The van der Waals surface area contributed by atoms with Crippen molar-refractivity contribution < 1.29 is 4.39 Å². The number of nitrogens with zero attached hydrogens (tertiary/aromatic N) is 3. The summed E-state index contributed by atoms with van der Waals surface area (Å²) in [5, 5.41) is 3.01. The molecule has 2 heterocycles. The molecule has 1 N–H and O–H groups in total. The second-order valence-corrected chi connectivity index (χ2v) is 3.38. The number of aromatic nitrogens is 3. The standard InChI is InChI=1S/C11H11FN4/c1-8-2-3-13-5-9(8)6-14-11-4-10(12)15-7-16-11/h2-5,7H,6H2,1H3,(H,14,15,16). The normalized spacial score (nSPS) is 10.1. The van der Waals surface area contributed by atoms with Crippen molar-refractivity contribution in [2.24, 2.45) is 0 Å². The van der Waals surface area contributed by atoms with Gasteiger partial charge in [-0.1, -0.05) is 0 Å². The van der Waals surface area contributed by atoms with Gasteiger partial charge in [0.25, 0.3) is 0 Å². The average molecular weight is 218 g/mol. The summed E-state index contributed by atoms with van der Waals surface area (Å²) in [6, 6.07) is 3.18. The van der Waals surface area contributed by atoms with Crippen LogP contribution in [0.1, 0.15) is 11.1 Å². The van der Waals surface area contributed by atoms with Crippen LogP contribution in [0, 0.1) is 12.9 Å². The SMILES string of the molecule is Cc1ccncc1CNc1cc(F)ncn1. The Morgan fingerprint density at radius 2 is 2.25 bits per heavy atom. The summed E-state index contributed by atoms with van der Waals surface area (Å²) in [5.41, 5.74) is 2.19. The zero-order valence-electron chi connectivity index (χ0n) is 8.81. The molecule has 0 fully saturated rings. The van der Waals surface area contributed by atoms with Crippen LogP contribution in [-0.2, 0) is 6.54 Å². The Labute approximate surface area is 92.6 Å². The summed E-state index contributed by atoms with van der Waals surface area (Å²) in [4.78, 5) is 11.3. The van der Waals surface area contributed by atoms with Crippen LogP contribution in [-0.4, -0.2) is 15.0 Å². The molecule has 4 nitrogen and oxygen atoms in total. The molecule has 0 aromatic carbocycles. The number of nitrogens with one attached hydrogen (secondary N) is 1. The number of pyridine rings is 1. The van der Waals surface area contributed by atoms with E-state index in [0.717, 1.165) is 11.1 Å². The van der Waals surface area contributed by atoms with Crippen LogP contribution in [0.5, 0.6) is 0 Å². The molecule has 16 heavy (non-hydrogen) atoms. The molecule has 0 aliphatic carbocycles. The Kier molecular flexibility index (Phi) is 3.05. The summed E-state index contributed by atoms with van der Waals surface area (Å²) in [7, 11) is 0. The smallest absolute Gasteiger partial charge is 0.217 e. The molecule has 2 rings (SSSR count). The van der Waals surface area contributed by atoms with E-state index in [0.29, 0.717) is 12.4 Å². The minimum absolute atomic E-state index is 0.468. The molecular formula is C11H11FN4. The number of rotatable bonds is 3. The molecule has 0 unspecified atom stereocenters. The maximum absolute atomic E-state index is 12.8. The van der Waals surface area contributed by atoms with E-state index in [9.17, 15) is 4.39 Å².